The SMILES string of the molecule is Cl.O=S(=O)(c1cc(F)ccc1Cl)N1CCC(c2nnc3n2CCNC3)CC1. The molecule has 11 heteroatoms. The fourth-order valence-corrected chi connectivity index (χ4v) is 5.54. The molecule has 1 N–H and O–H groups in total. The lowest BCUT2D eigenvalue weighted by atomic mass is 9.97. The maximum atomic E-state index is 13.5. The van der Waals surface area contributed by atoms with Crippen molar-refractivity contribution in [1.29, 1.82) is 0 Å². The summed E-state index contributed by atoms with van der Waals surface area (Å²) in [6, 6.07) is 3.40. The van der Waals surface area contributed by atoms with Crippen LogP contribution < -0.4 is 5.32 Å². The van der Waals surface area contributed by atoms with Crippen LogP contribution in [-0.2, 0) is 23.1 Å². The number of piperidine rings is 1. The molecule has 0 spiro atoms. The maximum Gasteiger partial charge on any atom is 0.244 e. The minimum absolute atomic E-state index is 0. The van der Waals surface area contributed by atoms with Crippen LogP contribution in [0.25, 0.3) is 0 Å². The zero-order valence-corrected chi connectivity index (χ0v) is 16.8. The average Bonchev–Trinajstić information content (AvgIpc) is 3.08. The van der Waals surface area contributed by atoms with Gasteiger partial charge in [0.25, 0.3) is 0 Å². The summed E-state index contributed by atoms with van der Waals surface area (Å²) >= 11 is 5.99. The van der Waals surface area contributed by atoms with E-state index in [4.69, 9.17) is 11.6 Å². The van der Waals surface area contributed by atoms with Crippen molar-refractivity contribution in [3.05, 3.63) is 40.7 Å². The molecule has 0 unspecified atom stereocenters. The number of sulfonamides is 1. The number of fused-ring (bicyclic) bond motifs is 1. The van der Waals surface area contributed by atoms with Crippen LogP contribution in [0.5, 0.6) is 0 Å². The first-order valence-corrected chi connectivity index (χ1v) is 10.4. The fourth-order valence-electron chi connectivity index (χ4n) is 3.58. The highest BCUT2D eigenvalue weighted by atomic mass is 35.5. The van der Waals surface area contributed by atoms with Gasteiger partial charge in [-0.1, -0.05) is 11.6 Å². The van der Waals surface area contributed by atoms with E-state index >= 15 is 0 Å². The van der Waals surface area contributed by atoms with Crippen LogP contribution in [0.2, 0.25) is 5.02 Å². The van der Waals surface area contributed by atoms with Crippen LogP contribution in [0.15, 0.2) is 23.1 Å². The van der Waals surface area contributed by atoms with E-state index in [-0.39, 0.29) is 28.2 Å². The number of halogens is 3. The Bertz CT molecular complexity index is 929. The van der Waals surface area contributed by atoms with E-state index in [1.54, 1.807) is 0 Å². The van der Waals surface area contributed by atoms with Crippen LogP contribution >= 0.6 is 24.0 Å². The zero-order valence-electron chi connectivity index (χ0n) is 14.4. The second-order valence-electron chi connectivity index (χ2n) is 6.56. The Morgan fingerprint density at radius 1 is 1.19 bits per heavy atom. The van der Waals surface area contributed by atoms with Crippen LogP contribution in [0, 0.1) is 5.82 Å². The normalized spacial score (nSPS) is 18.7. The molecule has 0 amide bonds. The molecule has 1 saturated heterocycles. The molecule has 1 aromatic carbocycles. The van der Waals surface area contributed by atoms with Crippen molar-refractivity contribution in [2.45, 2.75) is 36.7 Å². The Kier molecular flexibility index (Phi) is 6.07. The van der Waals surface area contributed by atoms with E-state index in [0.717, 1.165) is 36.9 Å². The van der Waals surface area contributed by atoms with Crippen molar-refractivity contribution in [3.8, 4) is 0 Å². The molecule has 0 atom stereocenters. The van der Waals surface area contributed by atoms with E-state index in [0.29, 0.717) is 32.5 Å². The predicted molar refractivity (Wildman–Crippen MR) is 101 cm³/mol. The minimum atomic E-state index is -3.82. The Balaban J connectivity index is 0.00000210. The standard InChI is InChI=1S/C16H19ClFN5O2S.ClH/c17-13-2-1-12(18)9-14(13)26(24,25)22-6-3-11(4-7-22)16-21-20-15-10-19-5-8-23(15)16;/h1-2,9,11,19H,3-8,10H2;1H. The predicted octanol–water partition coefficient (Wildman–Crippen LogP) is 2.16. The number of benzene rings is 1. The average molecular weight is 436 g/mol. The summed E-state index contributed by atoms with van der Waals surface area (Å²) < 4.78 is 42.6. The first-order valence-electron chi connectivity index (χ1n) is 8.54. The van der Waals surface area contributed by atoms with Crippen LogP contribution in [0.1, 0.15) is 30.4 Å². The van der Waals surface area contributed by atoms with Crippen molar-refractivity contribution in [2.24, 2.45) is 0 Å². The molecule has 27 heavy (non-hydrogen) atoms. The smallest absolute Gasteiger partial charge is 0.244 e. The first kappa shape index (κ1) is 20.5. The second kappa shape index (κ2) is 8.00. The minimum Gasteiger partial charge on any atom is -0.312 e. The number of rotatable bonds is 3. The monoisotopic (exact) mass is 435 g/mol. The van der Waals surface area contributed by atoms with Gasteiger partial charge in [-0.2, -0.15) is 4.31 Å². The van der Waals surface area contributed by atoms with Crippen molar-refractivity contribution in [3.63, 3.8) is 0 Å². The van der Waals surface area contributed by atoms with Gasteiger partial charge in [0.15, 0.2) is 0 Å². The molecule has 4 rings (SSSR count). The molecule has 148 valence electrons. The second-order valence-corrected chi connectivity index (χ2v) is 8.87. The molecule has 2 aromatic rings. The third kappa shape index (κ3) is 3.84. The lowest BCUT2D eigenvalue weighted by Gasteiger charge is -2.31. The van der Waals surface area contributed by atoms with Gasteiger partial charge >= 0.3 is 0 Å². The topological polar surface area (TPSA) is 80.1 Å². The summed E-state index contributed by atoms with van der Waals surface area (Å²) in [7, 11) is -3.82. The lowest BCUT2D eigenvalue weighted by Crippen LogP contribution is -2.39. The number of nitrogens with one attached hydrogen (secondary N) is 1. The van der Waals surface area contributed by atoms with Crippen LogP contribution in [0.3, 0.4) is 0 Å². The highest BCUT2D eigenvalue weighted by molar-refractivity contribution is 7.89. The van der Waals surface area contributed by atoms with Gasteiger partial charge in [0, 0.05) is 32.1 Å². The van der Waals surface area contributed by atoms with E-state index < -0.39 is 15.8 Å². The molecule has 0 saturated carbocycles. The molecule has 1 aromatic heterocycles. The zero-order chi connectivity index (χ0) is 18.3. The van der Waals surface area contributed by atoms with E-state index in [1.807, 2.05) is 0 Å². The van der Waals surface area contributed by atoms with Crippen molar-refractivity contribution in [1.82, 2.24) is 24.4 Å². The van der Waals surface area contributed by atoms with Gasteiger partial charge in [0.05, 0.1) is 11.6 Å². The summed E-state index contributed by atoms with van der Waals surface area (Å²) in [6.07, 6.45) is 1.30. The molecular weight excluding hydrogens is 416 g/mol. The molecule has 7 nitrogen and oxygen atoms in total. The first-order chi connectivity index (χ1) is 12.5. The Labute approximate surface area is 168 Å². The molecule has 0 radical (unpaired) electrons. The fraction of sp³-hybridized carbons (Fsp3) is 0.500. The number of hydrogen-bond donors (Lipinski definition) is 1. The maximum absolute atomic E-state index is 13.5. The molecule has 0 aliphatic carbocycles. The quantitative estimate of drug-likeness (QED) is 0.798. The van der Waals surface area contributed by atoms with Gasteiger partial charge in [-0.05, 0) is 31.0 Å². The van der Waals surface area contributed by atoms with Crippen LogP contribution in [0.4, 0.5) is 4.39 Å². The molecule has 2 aliphatic heterocycles. The summed E-state index contributed by atoms with van der Waals surface area (Å²) in [5.41, 5.74) is 0. The number of nitrogens with zero attached hydrogens (tertiary/aromatic N) is 4. The Morgan fingerprint density at radius 2 is 1.93 bits per heavy atom. The van der Waals surface area contributed by atoms with Gasteiger partial charge in [0.1, 0.15) is 22.4 Å². The summed E-state index contributed by atoms with van der Waals surface area (Å²) in [6.45, 7) is 3.11. The van der Waals surface area contributed by atoms with Crippen molar-refractivity contribution < 1.29 is 12.8 Å². The third-order valence-electron chi connectivity index (χ3n) is 4.98. The molecule has 0 bridgehead atoms. The third-order valence-corrected chi connectivity index (χ3v) is 7.36. The molecule has 3 heterocycles. The number of aromatic nitrogens is 3. The van der Waals surface area contributed by atoms with Gasteiger partial charge < -0.3 is 9.88 Å². The highest BCUT2D eigenvalue weighted by Gasteiger charge is 2.33. The van der Waals surface area contributed by atoms with Crippen molar-refractivity contribution >= 4 is 34.0 Å². The Hall–Kier alpha value is -1.26. The summed E-state index contributed by atoms with van der Waals surface area (Å²) in [5, 5.41) is 11.8. The van der Waals surface area contributed by atoms with E-state index in [1.165, 1.54) is 10.4 Å². The van der Waals surface area contributed by atoms with Gasteiger partial charge in [-0.3, -0.25) is 0 Å². The van der Waals surface area contributed by atoms with Gasteiger partial charge in [-0.25, -0.2) is 12.8 Å². The molecule has 1 fully saturated rings. The van der Waals surface area contributed by atoms with E-state index in [2.05, 4.69) is 20.1 Å². The number of hydrogen-bond acceptors (Lipinski definition) is 5. The van der Waals surface area contributed by atoms with Gasteiger partial charge in [0.2, 0.25) is 10.0 Å². The van der Waals surface area contributed by atoms with Crippen molar-refractivity contribution in [2.75, 3.05) is 19.6 Å². The van der Waals surface area contributed by atoms with Crippen LogP contribution in [-0.4, -0.2) is 47.1 Å². The van der Waals surface area contributed by atoms with Gasteiger partial charge in [-0.15, -0.1) is 22.6 Å². The molecular formula is C16H20Cl2FN5O2S. The summed E-state index contributed by atoms with van der Waals surface area (Å²) in [4.78, 5) is -0.177. The summed E-state index contributed by atoms with van der Waals surface area (Å²) in [5.74, 6) is 1.41. The lowest BCUT2D eigenvalue weighted by molar-refractivity contribution is 0.307. The molecule has 2 aliphatic rings. The van der Waals surface area contributed by atoms with E-state index in [9.17, 15) is 12.8 Å². The Morgan fingerprint density at radius 3 is 2.67 bits per heavy atom. The largest absolute Gasteiger partial charge is 0.312 e. The highest BCUT2D eigenvalue weighted by Crippen LogP contribution is 2.32.